The molecule has 0 radical (unpaired) electrons. The minimum atomic E-state index is 0.118. The van der Waals surface area contributed by atoms with Gasteiger partial charge < -0.3 is 4.90 Å². The standard InChI is InChI=1S/C16H21N3O/c1-11-6-9-18(10-7-11)16(20)14-13(3)17-15-12(2)5-4-8-19(14)15/h4-5,8,11H,6-7,9-10H2,1-3H3. The highest BCUT2D eigenvalue weighted by Crippen LogP contribution is 2.21. The molecule has 1 aliphatic rings. The number of pyridine rings is 1. The van der Waals surface area contributed by atoms with Crippen LogP contribution < -0.4 is 0 Å². The van der Waals surface area contributed by atoms with Gasteiger partial charge in [0.1, 0.15) is 11.3 Å². The van der Waals surface area contributed by atoms with Crippen LogP contribution in [-0.2, 0) is 0 Å². The van der Waals surface area contributed by atoms with Crippen LogP contribution >= 0.6 is 0 Å². The zero-order valence-corrected chi connectivity index (χ0v) is 12.4. The van der Waals surface area contributed by atoms with Gasteiger partial charge in [0.05, 0.1) is 5.69 Å². The monoisotopic (exact) mass is 271 g/mol. The topological polar surface area (TPSA) is 37.6 Å². The fourth-order valence-electron chi connectivity index (χ4n) is 2.94. The molecular formula is C16H21N3O. The van der Waals surface area contributed by atoms with Gasteiger partial charge in [-0.25, -0.2) is 4.98 Å². The zero-order chi connectivity index (χ0) is 14.3. The van der Waals surface area contributed by atoms with Gasteiger partial charge in [0, 0.05) is 19.3 Å². The van der Waals surface area contributed by atoms with Crippen molar-refractivity contribution in [1.29, 1.82) is 0 Å². The average molecular weight is 271 g/mol. The fourth-order valence-corrected chi connectivity index (χ4v) is 2.94. The van der Waals surface area contributed by atoms with Gasteiger partial charge in [-0.15, -0.1) is 0 Å². The summed E-state index contributed by atoms with van der Waals surface area (Å²) >= 11 is 0. The second-order valence-corrected chi connectivity index (χ2v) is 5.91. The molecule has 4 nitrogen and oxygen atoms in total. The molecule has 0 aliphatic carbocycles. The number of nitrogens with zero attached hydrogens (tertiary/aromatic N) is 3. The van der Waals surface area contributed by atoms with Crippen molar-refractivity contribution in [1.82, 2.24) is 14.3 Å². The van der Waals surface area contributed by atoms with Crippen molar-refractivity contribution in [2.75, 3.05) is 13.1 Å². The minimum absolute atomic E-state index is 0.118. The Labute approximate surface area is 119 Å². The summed E-state index contributed by atoms with van der Waals surface area (Å²) in [7, 11) is 0. The van der Waals surface area contributed by atoms with Crippen molar-refractivity contribution in [3.63, 3.8) is 0 Å². The summed E-state index contributed by atoms with van der Waals surface area (Å²) in [5.74, 6) is 0.845. The van der Waals surface area contributed by atoms with E-state index in [-0.39, 0.29) is 5.91 Å². The van der Waals surface area contributed by atoms with E-state index in [4.69, 9.17) is 0 Å². The summed E-state index contributed by atoms with van der Waals surface area (Å²) in [5, 5.41) is 0. The molecule has 1 aliphatic heterocycles. The molecule has 3 heterocycles. The molecule has 2 aromatic heterocycles. The highest BCUT2D eigenvalue weighted by atomic mass is 16.2. The third-order valence-electron chi connectivity index (χ3n) is 4.29. The lowest BCUT2D eigenvalue weighted by molar-refractivity contribution is 0.0689. The van der Waals surface area contributed by atoms with Crippen LogP contribution in [0.25, 0.3) is 5.65 Å². The molecule has 0 bridgehead atoms. The predicted octanol–water partition coefficient (Wildman–Crippen LogP) is 2.82. The molecule has 3 rings (SSSR count). The first kappa shape index (κ1) is 13.2. The van der Waals surface area contributed by atoms with Crippen molar-refractivity contribution in [3.8, 4) is 0 Å². The Morgan fingerprint density at radius 1 is 1.30 bits per heavy atom. The Bertz CT molecular complexity index is 651. The highest BCUT2D eigenvalue weighted by molar-refractivity contribution is 5.94. The maximum Gasteiger partial charge on any atom is 0.272 e. The van der Waals surface area contributed by atoms with Crippen LogP contribution in [0.4, 0.5) is 0 Å². The third-order valence-corrected chi connectivity index (χ3v) is 4.29. The van der Waals surface area contributed by atoms with Gasteiger partial charge in [0.15, 0.2) is 0 Å². The molecule has 0 N–H and O–H groups in total. The summed E-state index contributed by atoms with van der Waals surface area (Å²) < 4.78 is 1.94. The fraction of sp³-hybridized carbons (Fsp3) is 0.500. The maximum atomic E-state index is 12.8. The Hall–Kier alpha value is -1.84. The summed E-state index contributed by atoms with van der Waals surface area (Å²) in [5.41, 5.74) is 3.53. The van der Waals surface area contributed by atoms with Gasteiger partial charge in [-0.3, -0.25) is 9.20 Å². The predicted molar refractivity (Wildman–Crippen MR) is 79.0 cm³/mol. The van der Waals surface area contributed by atoms with Crippen LogP contribution in [0.15, 0.2) is 18.3 Å². The van der Waals surface area contributed by atoms with Crippen molar-refractivity contribution < 1.29 is 4.79 Å². The quantitative estimate of drug-likeness (QED) is 0.800. The van der Waals surface area contributed by atoms with Crippen LogP contribution in [-0.4, -0.2) is 33.3 Å². The number of aromatic nitrogens is 2. The Kier molecular flexibility index (Phi) is 3.24. The lowest BCUT2D eigenvalue weighted by Gasteiger charge is -2.30. The number of piperidine rings is 1. The molecule has 1 saturated heterocycles. The molecule has 2 aromatic rings. The number of amides is 1. The second-order valence-electron chi connectivity index (χ2n) is 5.91. The summed E-state index contributed by atoms with van der Waals surface area (Å²) in [6, 6.07) is 4.00. The molecule has 0 spiro atoms. The number of rotatable bonds is 1. The van der Waals surface area contributed by atoms with E-state index in [0.29, 0.717) is 0 Å². The van der Waals surface area contributed by atoms with Gasteiger partial charge >= 0.3 is 0 Å². The van der Waals surface area contributed by atoms with E-state index >= 15 is 0 Å². The Morgan fingerprint density at radius 2 is 2.00 bits per heavy atom. The van der Waals surface area contributed by atoms with Crippen molar-refractivity contribution in [3.05, 3.63) is 35.3 Å². The number of aryl methyl sites for hydroxylation is 2. The molecule has 1 fully saturated rings. The van der Waals surface area contributed by atoms with E-state index in [9.17, 15) is 4.79 Å². The number of carbonyl (C=O) groups is 1. The molecule has 0 saturated carbocycles. The molecular weight excluding hydrogens is 250 g/mol. The number of imidazole rings is 1. The molecule has 0 atom stereocenters. The van der Waals surface area contributed by atoms with E-state index in [2.05, 4.69) is 11.9 Å². The second kappa shape index (κ2) is 4.93. The van der Waals surface area contributed by atoms with Crippen molar-refractivity contribution in [2.24, 2.45) is 5.92 Å². The third kappa shape index (κ3) is 2.09. The lowest BCUT2D eigenvalue weighted by atomic mass is 9.99. The summed E-state index contributed by atoms with van der Waals surface area (Å²) in [4.78, 5) is 19.3. The average Bonchev–Trinajstić information content (AvgIpc) is 2.77. The van der Waals surface area contributed by atoms with Crippen LogP contribution in [0.3, 0.4) is 0 Å². The van der Waals surface area contributed by atoms with E-state index < -0.39 is 0 Å². The Morgan fingerprint density at radius 3 is 2.70 bits per heavy atom. The van der Waals surface area contributed by atoms with E-state index in [1.54, 1.807) is 0 Å². The van der Waals surface area contributed by atoms with Crippen LogP contribution in [0.2, 0.25) is 0 Å². The SMILES string of the molecule is Cc1nc2c(C)cccn2c1C(=O)N1CCC(C)CC1. The Balaban J connectivity index is 1.99. The van der Waals surface area contributed by atoms with Gasteiger partial charge in [-0.2, -0.15) is 0 Å². The van der Waals surface area contributed by atoms with Crippen LogP contribution in [0, 0.1) is 19.8 Å². The van der Waals surface area contributed by atoms with E-state index in [1.807, 2.05) is 41.5 Å². The van der Waals surface area contributed by atoms with Crippen LogP contribution in [0.5, 0.6) is 0 Å². The molecule has 0 aromatic carbocycles. The molecule has 20 heavy (non-hydrogen) atoms. The largest absolute Gasteiger partial charge is 0.337 e. The number of hydrogen-bond donors (Lipinski definition) is 0. The number of likely N-dealkylation sites (tertiary alicyclic amines) is 1. The number of carbonyl (C=O) groups excluding carboxylic acids is 1. The first-order valence-corrected chi connectivity index (χ1v) is 7.31. The smallest absolute Gasteiger partial charge is 0.272 e. The first-order valence-electron chi connectivity index (χ1n) is 7.31. The van der Waals surface area contributed by atoms with Gasteiger partial charge in [-0.1, -0.05) is 13.0 Å². The van der Waals surface area contributed by atoms with Crippen molar-refractivity contribution in [2.45, 2.75) is 33.6 Å². The van der Waals surface area contributed by atoms with E-state index in [0.717, 1.165) is 54.4 Å². The molecule has 0 unspecified atom stereocenters. The summed E-state index contributed by atoms with van der Waals surface area (Å²) in [6.07, 6.45) is 4.13. The van der Waals surface area contributed by atoms with E-state index in [1.165, 1.54) is 0 Å². The van der Waals surface area contributed by atoms with Crippen molar-refractivity contribution >= 4 is 11.6 Å². The maximum absolute atomic E-state index is 12.8. The lowest BCUT2D eigenvalue weighted by Crippen LogP contribution is -2.38. The zero-order valence-electron chi connectivity index (χ0n) is 12.4. The van der Waals surface area contributed by atoms with Gasteiger partial charge in [0.25, 0.3) is 5.91 Å². The summed E-state index contributed by atoms with van der Waals surface area (Å²) in [6.45, 7) is 7.92. The highest BCUT2D eigenvalue weighted by Gasteiger charge is 2.25. The van der Waals surface area contributed by atoms with Crippen LogP contribution in [0.1, 0.15) is 41.5 Å². The normalized spacial score (nSPS) is 16.9. The molecule has 1 amide bonds. The molecule has 106 valence electrons. The number of hydrogen-bond acceptors (Lipinski definition) is 2. The molecule has 4 heteroatoms. The minimum Gasteiger partial charge on any atom is -0.337 e. The van der Waals surface area contributed by atoms with Gasteiger partial charge in [-0.05, 0) is 44.2 Å². The number of fused-ring (bicyclic) bond motifs is 1. The van der Waals surface area contributed by atoms with Gasteiger partial charge in [0.2, 0.25) is 0 Å². The first-order chi connectivity index (χ1) is 9.58.